The van der Waals surface area contributed by atoms with E-state index in [1.807, 2.05) is 0 Å². The minimum atomic E-state index is -3.78. The summed E-state index contributed by atoms with van der Waals surface area (Å²) in [6, 6.07) is 2.57. The van der Waals surface area contributed by atoms with Crippen LogP contribution in [0.1, 0.15) is 16.2 Å². The zero-order valence-corrected chi connectivity index (χ0v) is 13.2. The van der Waals surface area contributed by atoms with Crippen LogP contribution < -0.4 is 5.73 Å². The van der Waals surface area contributed by atoms with Gasteiger partial charge in [-0.2, -0.15) is 14.1 Å². The fourth-order valence-corrected chi connectivity index (χ4v) is 3.50. The topological polar surface area (TPSA) is 121 Å². The molecule has 0 amide bonds. The maximum absolute atomic E-state index is 12.4. The molecule has 3 heterocycles. The molecule has 0 radical (unpaired) electrons. The van der Waals surface area contributed by atoms with Gasteiger partial charge < -0.3 is 14.9 Å². The van der Waals surface area contributed by atoms with Crippen LogP contribution >= 0.6 is 0 Å². The fourth-order valence-electron chi connectivity index (χ4n) is 2.18. The number of carbonyl (C=O) groups excluding carboxylic acids is 1. The van der Waals surface area contributed by atoms with Crippen LogP contribution in [0.15, 0.2) is 27.8 Å². The molecule has 9 nitrogen and oxygen atoms in total. The standard InChI is InChI=1S/C13H16N4O5S/c1-9-10(14)8-17(15-9)13(18)11-2-3-12(22-11)23(19,20)16-4-6-21-7-5-16/h2-3,8H,4-7,14H2,1H3. The second-order valence-corrected chi connectivity index (χ2v) is 6.92. The average Bonchev–Trinajstić information content (AvgIpc) is 3.16. The third kappa shape index (κ3) is 2.87. The number of carbonyl (C=O) groups is 1. The van der Waals surface area contributed by atoms with Crippen LogP contribution in [0, 0.1) is 6.92 Å². The molecule has 0 atom stereocenters. The maximum atomic E-state index is 12.4. The van der Waals surface area contributed by atoms with Crippen LogP contribution in [-0.4, -0.2) is 54.7 Å². The Kier molecular flexibility index (Phi) is 3.96. The molecular formula is C13H16N4O5S. The molecule has 124 valence electrons. The second kappa shape index (κ2) is 5.80. The highest BCUT2D eigenvalue weighted by Crippen LogP contribution is 2.20. The van der Waals surface area contributed by atoms with Crippen LogP contribution in [0.2, 0.25) is 0 Å². The van der Waals surface area contributed by atoms with Crippen molar-refractivity contribution in [2.75, 3.05) is 32.0 Å². The first-order chi connectivity index (χ1) is 10.9. The minimum Gasteiger partial charge on any atom is -0.438 e. The van der Waals surface area contributed by atoms with Crippen molar-refractivity contribution in [1.82, 2.24) is 14.1 Å². The molecule has 23 heavy (non-hydrogen) atoms. The number of sulfonamides is 1. The maximum Gasteiger partial charge on any atom is 0.313 e. The van der Waals surface area contributed by atoms with E-state index in [9.17, 15) is 13.2 Å². The summed E-state index contributed by atoms with van der Waals surface area (Å²) in [5, 5.41) is 3.68. The van der Waals surface area contributed by atoms with Crippen molar-refractivity contribution < 1.29 is 22.4 Å². The number of nitrogens with two attached hydrogens (primary N) is 1. The van der Waals surface area contributed by atoms with Gasteiger partial charge in [0.1, 0.15) is 0 Å². The highest BCUT2D eigenvalue weighted by Gasteiger charge is 2.30. The first kappa shape index (κ1) is 15.7. The third-order valence-electron chi connectivity index (χ3n) is 3.50. The number of rotatable bonds is 3. The highest BCUT2D eigenvalue weighted by atomic mass is 32.2. The molecule has 1 fully saturated rings. The van der Waals surface area contributed by atoms with E-state index in [0.29, 0.717) is 24.6 Å². The Balaban J connectivity index is 1.86. The second-order valence-electron chi connectivity index (χ2n) is 5.05. The summed E-state index contributed by atoms with van der Waals surface area (Å²) in [7, 11) is -3.78. The summed E-state index contributed by atoms with van der Waals surface area (Å²) in [6.07, 6.45) is 1.36. The predicted octanol–water partition coefficient (Wildman–Crippen LogP) is 0.0761. The molecule has 3 rings (SSSR count). The van der Waals surface area contributed by atoms with E-state index in [0.717, 1.165) is 4.68 Å². The molecule has 10 heteroatoms. The Labute approximate surface area is 132 Å². The number of aryl methyl sites for hydroxylation is 1. The predicted molar refractivity (Wildman–Crippen MR) is 79.4 cm³/mol. The monoisotopic (exact) mass is 340 g/mol. The van der Waals surface area contributed by atoms with E-state index in [2.05, 4.69) is 5.10 Å². The summed E-state index contributed by atoms with van der Waals surface area (Å²) in [6.45, 7) is 2.83. The fraction of sp³-hybridized carbons (Fsp3) is 0.385. The lowest BCUT2D eigenvalue weighted by atomic mass is 10.4. The number of hydrogen-bond acceptors (Lipinski definition) is 7. The van der Waals surface area contributed by atoms with Crippen LogP contribution in [0.5, 0.6) is 0 Å². The number of furan rings is 1. The Morgan fingerprint density at radius 3 is 2.61 bits per heavy atom. The lowest BCUT2D eigenvalue weighted by Crippen LogP contribution is -2.40. The lowest BCUT2D eigenvalue weighted by Gasteiger charge is -2.24. The number of nitrogen functional groups attached to an aromatic ring is 1. The van der Waals surface area contributed by atoms with Gasteiger partial charge >= 0.3 is 5.91 Å². The Bertz CT molecular complexity index is 813. The molecular weight excluding hydrogens is 324 g/mol. The van der Waals surface area contributed by atoms with E-state index in [1.165, 1.54) is 22.6 Å². The van der Waals surface area contributed by atoms with E-state index < -0.39 is 15.9 Å². The normalized spacial score (nSPS) is 16.6. The van der Waals surface area contributed by atoms with Crippen LogP contribution in [0.25, 0.3) is 0 Å². The van der Waals surface area contributed by atoms with E-state index in [-0.39, 0.29) is 23.9 Å². The Hall–Kier alpha value is -2.17. The molecule has 1 aliphatic rings. The van der Waals surface area contributed by atoms with E-state index in [1.54, 1.807) is 6.92 Å². The first-order valence-electron chi connectivity index (χ1n) is 6.94. The van der Waals surface area contributed by atoms with Crippen molar-refractivity contribution >= 4 is 21.6 Å². The van der Waals surface area contributed by atoms with Gasteiger partial charge in [0.05, 0.1) is 30.8 Å². The summed E-state index contributed by atoms with van der Waals surface area (Å²) < 4.78 is 37.5. The van der Waals surface area contributed by atoms with Gasteiger partial charge in [0, 0.05) is 13.1 Å². The molecule has 0 unspecified atom stereocenters. The van der Waals surface area contributed by atoms with Gasteiger partial charge in [0.25, 0.3) is 10.0 Å². The molecule has 0 spiro atoms. The minimum absolute atomic E-state index is 0.126. The number of aromatic nitrogens is 2. The molecule has 2 N–H and O–H groups in total. The molecule has 0 aliphatic carbocycles. The Morgan fingerprint density at radius 1 is 1.30 bits per heavy atom. The quantitative estimate of drug-likeness (QED) is 0.839. The summed E-state index contributed by atoms with van der Waals surface area (Å²) in [5.41, 5.74) is 6.52. The van der Waals surface area contributed by atoms with Gasteiger partial charge in [-0.25, -0.2) is 8.42 Å². The van der Waals surface area contributed by atoms with Gasteiger partial charge in [-0.15, -0.1) is 0 Å². The summed E-state index contributed by atoms with van der Waals surface area (Å²) in [5.74, 6) is -0.715. The van der Waals surface area contributed by atoms with E-state index in [4.69, 9.17) is 14.9 Å². The number of nitrogens with zero attached hydrogens (tertiary/aromatic N) is 3. The number of anilines is 1. The Morgan fingerprint density at radius 2 is 2.00 bits per heavy atom. The van der Waals surface area contributed by atoms with Crippen LogP contribution in [-0.2, 0) is 14.8 Å². The van der Waals surface area contributed by atoms with Crippen LogP contribution in [0.3, 0.4) is 0 Å². The smallest absolute Gasteiger partial charge is 0.313 e. The van der Waals surface area contributed by atoms with Gasteiger partial charge in [0.15, 0.2) is 5.76 Å². The van der Waals surface area contributed by atoms with Gasteiger partial charge in [-0.05, 0) is 19.1 Å². The average molecular weight is 340 g/mol. The largest absolute Gasteiger partial charge is 0.438 e. The van der Waals surface area contributed by atoms with Gasteiger partial charge in [-0.1, -0.05) is 0 Å². The number of ether oxygens (including phenoxy) is 1. The SMILES string of the molecule is Cc1nn(C(=O)c2ccc(S(=O)(=O)N3CCOCC3)o2)cc1N. The lowest BCUT2D eigenvalue weighted by molar-refractivity contribution is 0.0722. The van der Waals surface area contributed by atoms with Gasteiger partial charge in [-0.3, -0.25) is 4.79 Å². The first-order valence-corrected chi connectivity index (χ1v) is 8.38. The molecule has 2 aromatic rings. The van der Waals surface area contributed by atoms with Crippen molar-refractivity contribution in [3.63, 3.8) is 0 Å². The molecule has 2 aromatic heterocycles. The molecule has 1 aliphatic heterocycles. The number of morpholine rings is 1. The van der Waals surface area contributed by atoms with Crippen molar-refractivity contribution in [1.29, 1.82) is 0 Å². The zero-order valence-electron chi connectivity index (χ0n) is 12.4. The zero-order chi connectivity index (χ0) is 16.6. The molecule has 0 bridgehead atoms. The van der Waals surface area contributed by atoms with Crippen molar-refractivity contribution in [3.8, 4) is 0 Å². The molecule has 1 saturated heterocycles. The van der Waals surface area contributed by atoms with Crippen molar-refractivity contribution in [3.05, 3.63) is 29.8 Å². The number of hydrogen-bond donors (Lipinski definition) is 1. The van der Waals surface area contributed by atoms with Crippen molar-refractivity contribution in [2.45, 2.75) is 12.0 Å². The van der Waals surface area contributed by atoms with E-state index >= 15 is 0 Å². The molecule has 0 aromatic carbocycles. The van der Waals surface area contributed by atoms with Gasteiger partial charge in [0.2, 0.25) is 5.09 Å². The van der Waals surface area contributed by atoms with Crippen LogP contribution in [0.4, 0.5) is 5.69 Å². The highest BCUT2D eigenvalue weighted by molar-refractivity contribution is 7.89. The summed E-state index contributed by atoms with van der Waals surface area (Å²) in [4.78, 5) is 12.3. The molecule has 0 saturated carbocycles. The van der Waals surface area contributed by atoms with Crippen molar-refractivity contribution in [2.24, 2.45) is 0 Å². The summed E-state index contributed by atoms with van der Waals surface area (Å²) >= 11 is 0. The third-order valence-corrected chi connectivity index (χ3v) is 5.27.